The molecule has 0 saturated carbocycles. The van der Waals surface area contributed by atoms with Crippen LogP contribution in [-0.2, 0) is 19.7 Å². The predicted octanol–water partition coefficient (Wildman–Crippen LogP) is 6.68. The average Bonchev–Trinajstić information content (AvgIpc) is 2.96. The zero-order valence-electron chi connectivity index (χ0n) is 22.1. The number of carbonyl (C=O) groups is 2. The fraction of sp³-hybridized carbons (Fsp3) is 0. The second-order valence-electron chi connectivity index (χ2n) is 9.29. The number of hydrogen-bond acceptors (Lipinski definition) is 10. The average molecular weight is 652 g/mol. The fourth-order valence-corrected chi connectivity index (χ4v) is 5.35. The van der Waals surface area contributed by atoms with Crippen molar-refractivity contribution in [2.45, 2.75) is 4.90 Å². The van der Waals surface area contributed by atoms with Crippen LogP contribution >= 0.6 is 23.2 Å². The molecule has 0 aromatic heterocycles. The summed E-state index contributed by atoms with van der Waals surface area (Å²) < 4.78 is 32.4. The molecule has 4 aromatic carbocycles. The maximum absolute atomic E-state index is 11.6. The van der Waals surface area contributed by atoms with Gasteiger partial charge in [-0.3, -0.25) is 14.8 Å². The van der Waals surface area contributed by atoms with E-state index in [0.717, 1.165) is 18.2 Å². The van der Waals surface area contributed by atoms with E-state index in [9.17, 15) is 27.7 Å². The Hall–Kier alpha value is -5.08. The molecule has 1 aliphatic rings. The number of anilines is 2. The van der Waals surface area contributed by atoms with E-state index in [0.29, 0.717) is 32.5 Å². The number of nitrogens with one attached hydrogen (secondary N) is 1. The maximum atomic E-state index is 11.6. The van der Waals surface area contributed by atoms with Crippen LogP contribution in [0.3, 0.4) is 0 Å². The highest BCUT2D eigenvalue weighted by atomic mass is 35.5. The summed E-state index contributed by atoms with van der Waals surface area (Å²) in [6, 6.07) is 14.8. The van der Waals surface area contributed by atoms with E-state index in [4.69, 9.17) is 34.0 Å². The molecule has 0 saturated heterocycles. The lowest BCUT2D eigenvalue weighted by Crippen LogP contribution is -2.15. The molecule has 5 rings (SSSR count). The molecule has 1 aliphatic carbocycles. The number of benzene rings is 4. The number of halogens is 2. The lowest BCUT2D eigenvalue weighted by atomic mass is 10.0. The van der Waals surface area contributed by atoms with Gasteiger partial charge in [-0.1, -0.05) is 41.4 Å². The standard InChI is InChI=1S/C29H19Cl2N5O7S/c30-22-11-16(34-33-15-4-8-25(37)21(10-15)29(39)40)2-5-19(22)20-6-3-17(12-23(20)31)35-36-28-24(32)7-1-14-9-18(44(41,42)43)13-26(38)27(14)28/h1-13,34,38H,32H2,(H,39,40)(H,41,42,43). The van der Waals surface area contributed by atoms with Crippen molar-refractivity contribution in [3.05, 3.63) is 94.5 Å². The molecule has 4 aromatic rings. The zero-order chi connectivity index (χ0) is 31.8. The van der Waals surface area contributed by atoms with Gasteiger partial charge in [0.05, 0.1) is 43.1 Å². The van der Waals surface area contributed by atoms with Crippen molar-refractivity contribution in [2.75, 3.05) is 11.2 Å². The summed E-state index contributed by atoms with van der Waals surface area (Å²) in [5.74, 6) is -2.43. The number of fused-ring (bicyclic) bond motifs is 1. The van der Waals surface area contributed by atoms with E-state index in [1.807, 2.05) is 0 Å². The van der Waals surface area contributed by atoms with Gasteiger partial charge in [0, 0.05) is 17.2 Å². The fourth-order valence-electron chi connectivity index (χ4n) is 4.25. The first-order valence-electron chi connectivity index (χ1n) is 12.4. The molecule has 0 bridgehead atoms. The van der Waals surface area contributed by atoms with Crippen LogP contribution in [0.4, 0.5) is 22.7 Å². The monoisotopic (exact) mass is 651 g/mol. The Morgan fingerprint density at radius 2 is 1.61 bits per heavy atom. The Morgan fingerprint density at radius 1 is 0.909 bits per heavy atom. The zero-order valence-corrected chi connectivity index (χ0v) is 24.4. The number of hydrogen-bond donors (Lipinski definition) is 5. The van der Waals surface area contributed by atoms with Crippen molar-refractivity contribution in [2.24, 2.45) is 15.3 Å². The predicted molar refractivity (Wildman–Crippen MR) is 167 cm³/mol. The molecule has 15 heteroatoms. The van der Waals surface area contributed by atoms with E-state index in [2.05, 4.69) is 20.8 Å². The van der Waals surface area contributed by atoms with Gasteiger partial charge in [-0.15, -0.1) is 5.11 Å². The number of rotatable bonds is 7. The Kier molecular flexibility index (Phi) is 8.21. The van der Waals surface area contributed by atoms with Crippen molar-refractivity contribution in [3.63, 3.8) is 0 Å². The van der Waals surface area contributed by atoms with Gasteiger partial charge in [0.2, 0.25) is 0 Å². The molecular weight excluding hydrogens is 633 g/mol. The molecule has 0 amide bonds. The molecule has 222 valence electrons. The van der Waals surface area contributed by atoms with Crippen LogP contribution in [-0.4, -0.2) is 40.6 Å². The summed E-state index contributed by atoms with van der Waals surface area (Å²) in [6.07, 6.45) is 3.66. The van der Waals surface area contributed by atoms with Crippen LogP contribution in [0.25, 0.3) is 21.9 Å². The van der Waals surface area contributed by atoms with Crippen molar-refractivity contribution in [1.82, 2.24) is 0 Å². The first kappa shape index (κ1) is 30.4. The lowest BCUT2D eigenvalue weighted by molar-refractivity contribution is -0.134. The number of ketones is 1. The second kappa shape index (κ2) is 11.9. The number of carbonyl (C=O) groups excluding carboxylic acids is 1. The summed E-state index contributed by atoms with van der Waals surface area (Å²) in [5.41, 5.74) is 10.9. The van der Waals surface area contributed by atoms with Crippen molar-refractivity contribution in [1.29, 1.82) is 0 Å². The van der Waals surface area contributed by atoms with Gasteiger partial charge in [-0.05, 0) is 60.0 Å². The molecule has 6 N–H and O–H groups in total. The number of phenolic OH excluding ortho intramolecular Hbond substituents is 1. The molecule has 0 aliphatic heterocycles. The third kappa shape index (κ3) is 6.31. The van der Waals surface area contributed by atoms with Crippen molar-refractivity contribution in [3.8, 4) is 16.9 Å². The van der Waals surface area contributed by atoms with Crippen LogP contribution in [0.15, 0.2) is 105 Å². The molecule has 0 atom stereocenters. The number of phenols is 1. The first-order valence-corrected chi connectivity index (χ1v) is 14.6. The molecule has 0 radical (unpaired) electrons. The number of aliphatic carboxylic acids is 1. The van der Waals surface area contributed by atoms with Crippen molar-refractivity contribution < 1.29 is 32.8 Å². The summed E-state index contributed by atoms with van der Waals surface area (Å²) in [4.78, 5) is 22.3. The number of nitrogen functional groups attached to an aromatic ring is 1. The summed E-state index contributed by atoms with van der Waals surface area (Å²) in [7, 11) is -4.56. The van der Waals surface area contributed by atoms with Crippen LogP contribution < -0.4 is 11.2 Å². The van der Waals surface area contributed by atoms with E-state index < -0.39 is 38.1 Å². The van der Waals surface area contributed by atoms with Crippen LogP contribution in [0, 0.1) is 0 Å². The Balaban J connectivity index is 1.39. The SMILES string of the molecule is Nc1ccc2cc(S(=O)(=O)O)cc(O)c2c1N=Nc1ccc(-c2ccc(NN=C3C=CC(=O)C(C(=O)O)=C3)cc2Cl)c(Cl)c1. The number of hydrazone groups is 1. The number of aromatic hydroxyl groups is 1. The highest BCUT2D eigenvalue weighted by molar-refractivity contribution is 7.85. The van der Waals surface area contributed by atoms with E-state index in [-0.39, 0.29) is 27.9 Å². The molecule has 0 heterocycles. The molecule has 0 fully saturated rings. The normalized spacial score (nSPS) is 14.4. The number of nitrogens with zero attached hydrogens (tertiary/aromatic N) is 3. The first-order chi connectivity index (χ1) is 20.8. The smallest absolute Gasteiger partial charge is 0.339 e. The van der Waals surface area contributed by atoms with Gasteiger partial charge in [-0.25, -0.2) is 4.79 Å². The quantitative estimate of drug-likeness (QED) is 0.0360. The van der Waals surface area contributed by atoms with Gasteiger partial charge < -0.3 is 15.9 Å². The van der Waals surface area contributed by atoms with E-state index in [1.54, 1.807) is 30.3 Å². The third-order valence-corrected chi connectivity index (χ3v) is 7.81. The summed E-state index contributed by atoms with van der Waals surface area (Å²) >= 11 is 13.1. The Bertz CT molecular complexity index is 2130. The number of azo groups is 1. The van der Waals surface area contributed by atoms with Gasteiger partial charge >= 0.3 is 5.97 Å². The van der Waals surface area contributed by atoms with Gasteiger partial charge in [0.15, 0.2) is 5.78 Å². The Morgan fingerprint density at radius 3 is 2.27 bits per heavy atom. The lowest BCUT2D eigenvalue weighted by Gasteiger charge is -2.11. The summed E-state index contributed by atoms with van der Waals surface area (Å²) in [5, 5.41) is 33.1. The van der Waals surface area contributed by atoms with Crippen molar-refractivity contribution >= 4 is 84.3 Å². The van der Waals surface area contributed by atoms with Crippen LogP contribution in [0.5, 0.6) is 5.75 Å². The second-order valence-corrected chi connectivity index (χ2v) is 11.5. The largest absolute Gasteiger partial charge is 0.507 e. The topological polar surface area (TPSA) is 204 Å². The highest BCUT2D eigenvalue weighted by Gasteiger charge is 2.19. The van der Waals surface area contributed by atoms with Gasteiger partial charge in [0.1, 0.15) is 17.0 Å². The van der Waals surface area contributed by atoms with Crippen LogP contribution in [0.2, 0.25) is 10.0 Å². The number of carboxylic acid groups (broad SMARTS) is 1. The number of nitrogens with two attached hydrogens (primary N) is 1. The van der Waals surface area contributed by atoms with Crippen LogP contribution in [0.1, 0.15) is 0 Å². The molecule has 0 unspecified atom stereocenters. The number of carboxylic acids is 1. The van der Waals surface area contributed by atoms with Gasteiger partial charge in [-0.2, -0.15) is 18.6 Å². The highest BCUT2D eigenvalue weighted by Crippen LogP contribution is 2.41. The number of allylic oxidation sites excluding steroid dienone is 3. The molecule has 44 heavy (non-hydrogen) atoms. The van der Waals surface area contributed by atoms with Gasteiger partial charge in [0.25, 0.3) is 10.1 Å². The maximum Gasteiger partial charge on any atom is 0.339 e. The van der Waals surface area contributed by atoms with E-state index in [1.165, 1.54) is 30.3 Å². The molecule has 12 nitrogen and oxygen atoms in total. The third-order valence-electron chi connectivity index (χ3n) is 6.36. The minimum atomic E-state index is -4.56. The summed E-state index contributed by atoms with van der Waals surface area (Å²) in [6.45, 7) is 0. The molecule has 0 spiro atoms. The Labute approximate surface area is 259 Å². The molecular formula is C29H19Cl2N5O7S. The minimum Gasteiger partial charge on any atom is -0.507 e. The minimum absolute atomic E-state index is 0.0850. The van der Waals surface area contributed by atoms with E-state index >= 15 is 0 Å².